The number of anilines is 1. The number of pyridine rings is 1. The first kappa shape index (κ1) is 14.4. The third-order valence-corrected chi connectivity index (χ3v) is 2.54. The lowest BCUT2D eigenvalue weighted by atomic mass is 10.2. The molecule has 1 heterocycles. The standard InChI is InChI=1S/C13H21N3O2/c1-3-14-13(18)12-9-11(6-7-15-12)16-10(2)5-4-8-17/h6-7,9-10,17H,3-5,8H2,1-2H3,(H,14,18)(H,15,16). The van der Waals surface area contributed by atoms with Crippen molar-refractivity contribution < 1.29 is 9.90 Å². The molecule has 0 aliphatic carbocycles. The van der Waals surface area contributed by atoms with Crippen LogP contribution in [-0.4, -0.2) is 35.2 Å². The van der Waals surface area contributed by atoms with Crippen LogP contribution < -0.4 is 10.6 Å². The summed E-state index contributed by atoms with van der Waals surface area (Å²) < 4.78 is 0. The van der Waals surface area contributed by atoms with E-state index in [1.807, 2.05) is 19.9 Å². The fraction of sp³-hybridized carbons (Fsp3) is 0.538. The molecule has 18 heavy (non-hydrogen) atoms. The minimum absolute atomic E-state index is 0.163. The fourth-order valence-corrected chi connectivity index (χ4v) is 1.65. The second kappa shape index (κ2) is 7.66. The summed E-state index contributed by atoms with van der Waals surface area (Å²) in [6.45, 7) is 4.70. The zero-order valence-electron chi connectivity index (χ0n) is 10.9. The SMILES string of the molecule is CCNC(=O)c1cc(NC(C)CCCO)ccn1. The fourth-order valence-electron chi connectivity index (χ4n) is 1.65. The van der Waals surface area contributed by atoms with E-state index in [0.717, 1.165) is 18.5 Å². The van der Waals surface area contributed by atoms with Gasteiger partial charge in [-0.05, 0) is 38.8 Å². The Kier molecular flexibility index (Phi) is 6.14. The van der Waals surface area contributed by atoms with Crippen molar-refractivity contribution in [3.63, 3.8) is 0 Å². The van der Waals surface area contributed by atoms with Gasteiger partial charge in [0, 0.05) is 31.1 Å². The molecule has 5 nitrogen and oxygen atoms in total. The second-order valence-corrected chi connectivity index (χ2v) is 4.20. The van der Waals surface area contributed by atoms with Crippen LogP contribution in [0, 0.1) is 0 Å². The van der Waals surface area contributed by atoms with Crippen molar-refractivity contribution >= 4 is 11.6 Å². The maximum absolute atomic E-state index is 11.6. The van der Waals surface area contributed by atoms with Crippen LogP contribution in [0.3, 0.4) is 0 Å². The van der Waals surface area contributed by atoms with Crippen molar-refractivity contribution in [3.8, 4) is 0 Å². The highest BCUT2D eigenvalue weighted by molar-refractivity contribution is 5.93. The lowest BCUT2D eigenvalue weighted by Gasteiger charge is -2.15. The number of hydrogen-bond donors (Lipinski definition) is 3. The maximum atomic E-state index is 11.6. The first-order valence-electron chi connectivity index (χ1n) is 6.29. The molecule has 100 valence electrons. The molecule has 0 aliphatic rings. The van der Waals surface area contributed by atoms with E-state index in [0.29, 0.717) is 12.2 Å². The molecule has 0 saturated heterocycles. The van der Waals surface area contributed by atoms with Gasteiger partial charge in [0.1, 0.15) is 5.69 Å². The third kappa shape index (κ3) is 4.71. The molecule has 0 bridgehead atoms. The summed E-state index contributed by atoms with van der Waals surface area (Å²) >= 11 is 0. The van der Waals surface area contributed by atoms with Gasteiger partial charge in [0.15, 0.2) is 0 Å². The Morgan fingerprint density at radius 1 is 1.56 bits per heavy atom. The number of aliphatic hydroxyl groups is 1. The molecule has 0 spiro atoms. The first-order valence-corrected chi connectivity index (χ1v) is 6.29. The van der Waals surface area contributed by atoms with Crippen LogP contribution >= 0.6 is 0 Å². The number of aromatic nitrogens is 1. The van der Waals surface area contributed by atoms with Crippen LogP contribution in [0.5, 0.6) is 0 Å². The van der Waals surface area contributed by atoms with Crippen molar-refractivity contribution in [3.05, 3.63) is 24.0 Å². The highest BCUT2D eigenvalue weighted by Crippen LogP contribution is 2.11. The predicted octanol–water partition coefficient (Wildman–Crippen LogP) is 1.40. The van der Waals surface area contributed by atoms with Gasteiger partial charge in [-0.25, -0.2) is 0 Å². The quantitative estimate of drug-likeness (QED) is 0.685. The van der Waals surface area contributed by atoms with Gasteiger partial charge < -0.3 is 15.7 Å². The van der Waals surface area contributed by atoms with E-state index < -0.39 is 0 Å². The topological polar surface area (TPSA) is 74.2 Å². The minimum Gasteiger partial charge on any atom is -0.396 e. The van der Waals surface area contributed by atoms with Gasteiger partial charge in [-0.15, -0.1) is 0 Å². The molecular weight excluding hydrogens is 230 g/mol. The van der Waals surface area contributed by atoms with Crippen LogP contribution in [0.2, 0.25) is 0 Å². The van der Waals surface area contributed by atoms with Gasteiger partial charge in [0.05, 0.1) is 0 Å². The van der Waals surface area contributed by atoms with Crippen LogP contribution in [0.15, 0.2) is 18.3 Å². The smallest absolute Gasteiger partial charge is 0.269 e. The molecule has 0 fully saturated rings. The molecule has 1 aromatic heterocycles. The van der Waals surface area contributed by atoms with Crippen molar-refractivity contribution in [2.75, 3.05) is 18.5 Å². The Labute approximate surface area is 108 Å². The van der Waals surface area contributed by atoms with E-state index in [1.165, 1.54) is 0 Å². The summed E-state index contributed by atoms with van der Waals surface area (Å²) in [6, 6.07) is 3.82. The van der Waals surface area contributed by atoms with E-state index in [9.17, 15) is 4.79 Å². The van der Waals surface area contributed by atoms with E-state index >= 15 is 0 Å². The molecule has 0 radical (unpaired) electrons. The highest BCUT2D eigenvalue weighted by atomic mass is 16.2. The van der Waals surface area contributed by atoms with Crippen LogP contribution in [0.25, 0.3) is 0 Å². The normalized spacial score (nSPS) is 11.9. The first-order chi connectivity index (χ1) is 8.67. The number of rotatable bonds is 7. The van der Waals surface area contributed by atoms with Crippen molar-refractivity contribution in [2.24, 2.45) is 0 Å². The van der Waals surface area contributed by atoms with E-state index in [4.69, 9.17) is 5.11 Å². The van der Waals surface area contributed by atoms with E-state index in [-0.39, 0.29) is 18.6 Å². The van der Waals surface area contributed by atoms with Gasteiger partial charge in [-0.2, -0.15) is 0 Å². The summed E-state index contributed by atoms with van der Waals surface area (Å²) in [5.74, 6) is -0.163. The number of nitrogens with one attached hydrogen (secondary N) is 2. The number of carbonyl (C=O) groups is 1. The summed E-state index contributed by atoms with van der Waals surface area (Å²) in [5.41, 5.74) is 1.29. The molecule has 5 heteroatoms. The monoisotopic (exact) mass is 251 g/mol. The number of nitrogens with zero attached hydrogens (tertiary/aromatic N) is 1. The predicted molar refractivity (Wildman–Crippen MR) is 71.6 cm³/mol. The molecule has 0 saturated carbocycles. The molecule has 0 aromatic carbocycles. The molecule has 1 aromatic rings. The third-order valence-electron chi connectivity index (χ3n) is 2.54. The maximum Gasteiger partial charge on any atom is 0.269 e. The van der Waals surface area contributed by atoms with Gasteiger partial charge in [0.25, 0.3) is 5.91 Å². The largest absolute Gasteiger partial charge is 0.396 e. The summed E-state index contributed by atoms with van der Waals surface area (Å²) in [5, 5.41) is 14.8. The van der Waals surface area contributed by atoms with Gasteiger partial charge in [-0.3, -0.25) is 9.78 Å². The van der Waals surface area contributed by atoms with Crippen LogP contribution in [0.4, 0.5) is 5.69 Å². The Balaban J connectivity index is 2.61. The summed E-state index contributed by atoms with van der Waals surface area (Å²) in [4.78, 5) is 15.7. The highest BCUT2D eigenvalue weighted by Gasteiger charge is 2.07. The molecule has 3 N–H and O–H groups in total. The Hall–Kier alpha value is -1.62. The van der Waals surface area contributed by atoms with E-state index in [2.05, 4.69) is 15.6 Å². The number of carbonyl (C=O) groups excluding carboxylic acids is 1. The Morgan fingerprint density at radius 3 is 3.00 bits per heavy atom. The zero-order chi connectivity index (χ0) is 13.4. The minimum atomic E-state index is -0.163. The average molecular weight is 251 g/mol. The van der Waals surface area contributed by atoms with Crippen molar-refractivity contribution in [2.45, 2.75) is 32.7 Å². The van der Waals surface area contributed by atoms with E-state index in [1.54, 1.807) is 12.3 Å². The zero-order valence-corrected chi connectivity index (χ0v) is 10.9. The summed E-state index contributed by atoms with van der Waals surface area (Å²) in [6.07, 6.45) is 3.27. The number of amides is 1. The summed E-state index contributed by atoms with van der Waals surface area (Å²) in [7, 11) is 0. The van der Waals surface area contributed by atoms with Gasteiger partial charge in [-0.1, -0.05) is 0 Å². The van der Waals surface area contributed by atoms with Crippen molar-refractivity contribution in [1.82, 2.24) is 10.3 Å². The molecule has 1 amide bonds. The van der Waals surface area contributed by atoms with Crippen molar-refractivity contribution in [1.29, 1.82) is 0 Å². The molecule has 0 aliphatic heterocycles. The number of aliphatic hydroxyl groups excluding tert-OH is 1. The second-order valence-electron chi connectivity index (χ2n) is 4.20. The van der Waals surface area contributed by atoms with Crippen LogP contribution in [-0.2, 0) is 0 Å². The molecule has 1 rings (SSSR count). The molecule has 1 unspecified atom stereocenters. The van der Waals surface area contributed by atoms with Crippen LogP contribution in [0.1, 0.15) is 37.2 Å². The Morgan fingerprint density at radius 2 is 2.33 bits per heavy atom. The lowest BCUT2D eigenvalue weighted by molar-refractivity contribution is 0.0951. The van der Waals surface area contributed by atoms with Gasteiger partial charge >= 0.3 is 0 Å². The average Bonchev–Trinajstić information content (AvgIpc) is 2.37. The lowest BCUT2D eigenvalue weighted by Crippen LogP contribution is -2.24. The number of hydrogen-bond acceptors (Lipinski definition) is 4. The molecular formula is C13H21N3O2. The Bertz CT molecular complexity index is 382. The molecule has 1 atom stereocenters. The van der Waals surface area contributed by atoms with Gasteiger partial charge in [0.2, 0.25) is 0 Å².